The molecule has 1 aliphatic heterocycles. The van der Waals surface area contributed by atoms with E-state index in [1.54, 1.807) is 12.3 Å². The van der Waals surface area contributed by atoms with E-state index in [1.807, 2.05) is 37.8 Å². The van der Waals surface area contributed by atoms with Gasteiger partial charge in [-0.25, -0.2) is 9.97 Å². The van der Waals surface area contributed by atoms with Crippen LogP contribution in [0.2, 0.25) is 0 Å². The molecule has 172 valence electrons. The summed E-state index contributed by atoms with van der Waals surface area (Å²) in [7, 11) is 0. The van der Waals surface area contributed by atoms with Crippen LogP contribution in [0.1, 0.15) is 63.2 Å². The zero-order valence-corrected chi connectivity index (χ0v) is 19.1. The summed E-state index contributed by atoms with van der Waals surface area (Å²) >= 11 is 0. The second-order valence-electron chi connectivity index (χ2n) is 10.0. The molecule has 1 unspecified atom stereocenters. The predicted molar refractivity (Wildman–Crippen MR) is 123 cm³/mol. The molecule has 32 heavy (non-hydrogen) atoms. The second-order valence-corrected chi connectivity index (χ2v) is 10.0. The zero-order chi connectivity index (χ0) is 22.9. The number of hydrogen-bond donors (Lipinski definition) is 3. The molecule has 2 heterocycles. The molecule has 8 heteroatoms. The van der Waals surface area contributed by atoms with Gasteiger partial charge in [0.05, 0.1) is 17.2 Å². The van der Waals surface area contributed by atoms with Crippen molar-refractivity contribution in [2.75, 3.05) is 18.4 Å². The first kappa shape index (κ1) is 22.5. The van der Waals surface area contributed by atoms with Crippen LogP contribution in [0.5, 0.6) is 0 Å². The lowest BCUT2D eigenvalue weighted by Gasteiger charge is -2.26. The number of para-hydroxylation sites is 1. The largest absolute Gasteiger partial charge is 0.393 e. The number of carbonyl (C=O) groups excluding carboxylic acids is 2. The lowest BCUT2D eigenvalue weighted by molar-refractivity contribution is -0.138. The smallest absolute Gasteiger partial charge is 0.253 e. The number of hydrogen-bond acceptors (Lipinski definition) is 6. The number of benzene rings is 1. The van der Waals surface area contributed by atoms with Crippen LogP contribution >= 0.6 is 0 Å². The average Bonchev–Trinajstić information content (AvgIpc) is 3.22. The Hall–Kier alpha value is -2.74. The van der Waals surface area contributed by atoms with E-state index in [1.165, 1.54) is 0 Å². The van der Waals surface area contributed by atoms with Gasteiger partial charge in [0.2, 0.25) is 11.9 Å². The van der Waals surface area contributed by atoms with Gasteiger partial charge in [-0.15, -0.1) is 0 Å². The van der Waals surface area contributed by atoms with Gasteiger partial charge in [0, 0.05) is 42.2 Å². The van der Waals surface area contributed by atoms with Crippen molar-refractivity contribution in [2.45, 2.75) is 71.1 Å². The van der Waals surface area contributed by atoms with E-state index in [-0.39, 0.29) is 30.0 Å². The minimum atomic E-state index is -0.425. The highest BCUT2D eigenvalue weighted by Crippen LogP contribution is 2.24. The maximum Gasteiger partial charge on any atom is 0.253 e. The molecule has 2 amide bonds. The van der Waals surface area contributed by atoms with Gasteiger partial charge >= 0.3 is 0 Å². The number of aromatic nitrogens is 2. The fourth-order valence-corrected chi connectivity index (χ4v) is 4.51. The highest BCUT2D eigenvalue weighted by molar-refractivity contribution is 6.05. The van der Waals surface area contributed by atoms with Crippen molar-refractivity contribution in [3.63, 3.8) is 0 Å². The molecule has 1 aliphatic carbocycles. The maximum atomic E-state index is 13.1. The number of carbonyl (C=O) groups is 2. The lowest BCUT2D eigenvalue weighted by Crippen LogP contribution is -2.41. The Morgan fingerprint density at radius 1 is 1.09 bits per heavy atom. The van der Waals surface area contributed by atoms with Crippen molar-refractivity contribution in [2.24, 2.45) is 5.41 Å². The molecular formula is C24H33N5O3. The first-order valence-electron chi connectivity index (χ1n) is 11.5. The van der Waals surface area contributed by atoms with Crippen molar-refractivity contribution in [3.05, 3.63) is 30.0 Å². The standard InChI is InChI=1S/C24H33N5O3/c1-24(2,3)22(32)29-12-11-17(14-29)26-21(31)19-6-4-5-15-13-25-23(28-20(15)19)27-16-7-9-18(30)10-8-16/h4-6,13,16-18,30H,7-12,14H2,1-3H3,(H,26,31)(H,25,27,28)/t16-,17?,18-. The van der Waals surface area contributed by atoms with E-state index >= 15 is 0 Å². The van der Waals surface area contributed by atoms with Crippen molar-refractivity contribution in [1.82, 2.24) is 20.2 Å². The van der Waals surface area contributed by atoms with E-state index < -0.39 is 5.41 Å². The SMILES string of the molecule is CC(C)(C)C(=O)N1CCC(NC(=O)c2cccc3cnc(N[C@H]4CC[C@H](O)CC4)nc23)C1. The van der Waals surface area contributed by atoms with E-state index in [0.717, 1.165) is 37.5 Å². The van der Waals surface area contributed by atoms with E-state index in [2.05, 4.69) is 20.6 Å². The number of aliphatic hydroxyl groups is 1. The summed E-state index contributed by atoms with van der Waals surface area (Å²) < 4.78 is 0. The summed E-state index contributed by atoms with van der Waals surface area (Å²) in [4.78, 5) is 36.5. The molecule has 1 saturated heterocycles. The molecule has 2 aliphatic rings. The molecule has 0 radical (unpaired) electrons. The van der Waals surface area contributed by atoms with Gasteiger partial charge in [-0.1, -0.05) is 32.9 Å². The second kappa shape index (κ2) is 9.02. The molecule has 2 fully saturated rings. The quantitative estimate of drug-likeness (QED) is 0.676. The molecular weight excluding hydrogens is 406 g/mol. The van der Waals surface area contributed by atoms with Gasteiger partial charge in [-0.2, -0.15) is 0 Å². The Kier molecular flexibility index (Phi) is 6.33. The van der Waals surface area contributed by atoms with Gasteiger partial charge < -0.3 is 20.6 Å². The number of likely N-dealkylation sites (tertiary alicyclic amines) is 1. The number of aliphatic hydroxyl groups excluding tert-OH is 1. The predicted octanol–water partition coefficient (Wildman–Crippen LogP) is 2.72. The molecule has 1 atom stereocenters. The molecule has 3 N–H and O–H groups in total. The van der Waals surface area contributed by atoms with Gasteiger partial charge in [0.1, 0.15) is 0 Å². The summed E-state index contributed by atoms with van der Waals surface area (Å²) in [5.41, 5.74) is 0.692. The van der Waals surface area contributed by atoms with Crippen LogP contribution in [0.25, 0.3) is 10.9 Å². The zero-order valence-electron chi connectivity index (χ0n) is 19.1. The van der Waals surface area contributed by atoms with Crippen molar-refractivity contribution in [3.8, 4) is 0 Å². The third-order valence-electron chi connectivity index (χ3n) is 6.34. The van der Waals surface area contributed by atoms with Gasteiger partial charge in [-0.3, -0.25) is 9.59 Å². The third kappa shape index (κ3) is 5.01. The fourth-order valence-electron chi connectivity index (χ4n) is 4.51. The molecule has 0 bridgehead atoms. The Morgan fingerprint density at radius 3 is 2.56 bits per heavy atom. The van der Waals surface area contributed by atoms with Crippen molar-refractivity contribution < 1.29 is 14.7 Å². The molecule has 1 aromatic heterocycles. The monoisotopic (exact) mass is 439 g/mol. The van der Waals surface area contributed by atoms with Crippen LogP contribution in [0, 0.1) is 5.41 Å². The number of nitrogens with zero attached hydrogens (tertiary/aromatic N) is 3. The Labute approximate surface area is 188 Å². The first-order valence-corrected chi connectivity index (χ1v) is 11.5. The number of rotatable bonds is 4. The number of amides is 2. The summed E-state index contributed by atoms with van der Waals surface area (Å²) in [5.74, 6) is 0.427. The first-order chi connectivity index (χ1) is 15.2. The Bertz CT molecular complexity index is 995. The van der Waals surface area contributed by atoms with Gasteiger partial charge in [0.25, 0.3) is 5.91 Å². The minimum Gasteiger partial charge on any atom is -0.393 e. The molecule has 1 saturated carbocycles. The molecule has 0 spiro atoms. The highest BCUT2D eigenvalue weighted by Gasteiger charge is 2.33. The van der Waals surface area contributed by atoms with Crippen molar-refractivity contribution >= 4 is 28.7 Å². The van der Waals surface area contributed by atoms with E-state index in [4.69, 9.17) is 0 Å². The van der Waals surface area contributed by atoms with Crippen LogP contribution in [0.3, 0.4) is 0 Å². The fraction of sp³-hybridized carbons (Fsp3) is 0.583. The van der Waals surface area contributed by atoms with E-state index in [9.17, 15) is 14.7 Å². The lowest BCUT2D eigenvalue weighted by atomic mass is 9.93. The van der Waals surface area contributed by atoms with Gasteiger partial charge in [0.15, 0.2) is 0 Å². The number of fused-ring (bicyclic) bond motifs is 1. The molecule has 4 rings (SSSR count). The summed E-state index contributed by atoms with van der Waals surface area (Å²) in [5, 5.41) is 17.0. The topological polar surface area (TPSA) is 107 Å². The molecule has 1 aromatic carbocycles. The molecule has 2 aromatic rings. The van der Waals surface area contributed by atoms with Crippen molar-refractivity contribution in [1.29, 1.82) is 0 Å². The summed E-state index contributed by atoms with van der Waals surface area (Å²) in [6.45, 7) is 6.93. The Balaban J connectivity index is 1.46. The highest BCUT2D eigenvalue weighted by atomic mass is 16.3. The van der Waals surface area contributed by atoms with Crippen LogP contribution in [-0.2, 0) is 4.79 Å². The Morgan fingerprint density at radius 2 is 1.84 bits per heavy atom. The van der Waals surface area contributed by atoms with Crippen LogP contribution < -0.4 is 10.6 Å². The average molecular weight is 440 g/mol. The normalized spacial score (nSPS) is 23.9. The maximum absolute atomic E-state index is 13.1. The van der Waals surface area contributed by atoms with Crippen LogP contribution in [-0.4, -0.2) is 63.1 Å². The van der Waals surface area contributed by atoms with Crippen LogP contribution in [0.4, 0.5) is 5.95 Å². The van der Waals surface area contributed by atoms with Crippen LogP contribution in [0.15, 0.2) is 24.4 Å². The number of anilines is 1. The molecule has 8 nitrogen and oxygen atoms in total. The minimum absolute atomic E-state index is 0.0721. The number of nitrogens with one attached hydrogen (secondary N) is 2. The van der Waals surface area contributed by atoms with Gasteiger partial charge in [-0.05, 0) is 38.2 Å². The van der Waals surface area contributed by atoms with E-state index in [0.29, 0.717) is 30.1 Å². The third-order valence-corrected chi connectivity index (χ3v) is 6.34. The summed E-state index contributed by atoms with van der Waals surface area (Å²) in [6, 6.07) is 5.66. The summed E-state index contributed by atoms with van der Waals surface area (Å²) in [6.07, 6.45) is 5.55.